The maximum atomic E-state index is 11.9. The maximum Gasteiger partial charge on any atom is 0.255 e. The highest BCUT2D eigenvalue weighted by Gasteiger charge is 2.05. The zero-order chi connectivity index (χ0) is 11.5. The van der Waals surface area contributed by atoms with E-state index >= 15 is 0 Å². The maximum absolute atomic E-state index is 11.9. The average Bonchev–Trinajstić information content (AvgIpc) is 2.34. The van der Waals surface area contributed by atoms with E-state index < -0.39 is 0 Å². The minimum Gasteiger partial charge on any atom is -0.326 e. The third-order valence-corrected chi connectivity index (χ3v) is 2.67. The van der Waals surface area contributed by atoms with Gasteiger partial charge in [0.25, 0.3) is 5.56 Å². The molecule has 0 saturated heterocycles. The van der Waals surface area contributed by atoms with Crippen LogP contribution >= 0.6 is 0 Å². The molecule has 0 aliphatic carbocycles. The predicted octanol–water partition coefficient (Wildman–Crippen LogP) is 1.51. The summed E-state index contributed by atoms with van der Waals surface area (Å²) < 4.78 is 1.64. The summed E-state index contributed by atoms with van der Waals surface area (Å²) in [5.41, 5.74) is 8.05. The molecule has 16 heavy (non-hydrogen) atoms. The molecule has 2 N–H and O–H groups in total. The molecule has 1 aromatic heterocycles. The van der Waals surface area contributed by atoms with Gasteiger partial charge in [0.15, 0.2) is 0 Å². The third kappa shape index (κ3) is 1.77. The summed E-state index contributed by atoms with van der Waals surface area (Å²) in [4.78, 5) is 11.9. The number of pyridine rings is 1. The molecule has 1 aromatic carbocycles. The Morgan fingerprint density at radius 1 is 1.12 bits per heavy atom. The smallest absolute Gasteiger partial charge is 0.255 e. The molecule has 0 radical (unpaired) electrons. The van der Waals surface area contributed by atoms with E-state index in [2.05, 4.69) is 0 Å². The molecule has 0 aliphatic rings. The van der Waals surface area contributed by atoms with Gasteiger partial charge in [-0.05, 0) is 11.6 Å². The van der Waals surface area contributed by atoms with Crippen LogP contribution in [-0.4, -0.2) is 4.57 Å². The Bertz CT molecular complexity index is 544. The summed E-state index contributed by atoms with van der Waals surface area (Å²) in [5.74, 6) is 0. The molecule has 0 amide bonds. The molecular formula is C13H14N2O. The van der Waals surface area contributed by atoms with Gasteiger partial charge in [0, 0.05) is 19.2 Å². The second-order valence-electron chi connectivity index (χ2n) is 3.68. The van der Waals surface area contributed by atoms with Crippen molar-refractivity contribution in [3.8, 4) is 11.3 Å². The van der Waals surface area contributed by atoms with E-state index in [1.54, 1.807) is 17.7 Å². The Balaban J connectivity index is 2.61. The molecule has 0 spiro atoms. The molecule has 1 heterocycles. The van der Waals surface area contributed by atoms with E-state index in [0.29, 0.717) is 5.56 Å². The van der Waals surface area contributed by atoms with Gasteiger partial charge in [-0.3, -0.25) is 4.79 Å². The average molecular weight is 214 g/mol. The summed E-state index contributed by atoms with van der Waals surface area (Å²) in [5, 5.41) is 0. The SMILES string of the molecule is Cn1c(-c2ccccc2)ccc(CN)c1=O. The molecule has 0 bridgehead atoms. The van der Waals surface area contributed by atoms with Crippen molar-refractivity contribution in [3.05, 3.63) is 58.4 Å². The second kappa shape index (κ2) is 4.33. The molecule has 3 nitrogen and oxygen atoms in total. The van der Waals surface area contributed by atoms with E-state index in [1.165, 1.54) is 0 Å². The lowest BCUT2D eigenvalue weighted by atomic mass is 10.1. The van der Waals surface area contributed by atoms with Crippen LogP contribution < -0.4 is 11.3 Å². The number of rotatable bonds is 2. The van der Waals surface area contributed by atoms with Gasteiger partial charge in [-0.15, -0.1) is 0 Å². The van der Waals surface area contributed by atoms with E-state index in [4.69, 9.17) is 5.73 Å². The Morgan fingerprint density at radius 3 is 2.44 bits per heavy atom. The van der Waals surface area contributed by atoms with Gasteiger partial charge in [0.2, 0.25) is 0 Å². The second-order valence-corrected chi connectivity index (χ2v) is 3.68. The lowest BCUT2D eigenvalue weighted by Crippen LogP contribution is -2.23. The van der Waals surface area contributed by atoms with E-state index in [0.717, 1.165) is 11.3 Å². The fourth-order valence-electron chi connectivity index (χ4n) is 1.74. The standard InChI is InChI=1S/C13H14N2O/c1-15-12(10-5-3-2-4-6-10)8-7-11(9-14)13(15)16/h2-8H,9,14H2,1H3. The first-order valence-electron chi connectivity index (χ1n) is 5.18. The van der Waals surface area contributed by atoms with Crippen molar-refractivity contribution in [1.29, 1.82) is 0 Å². The fraction of sp³-hybridized carbons (Fsp3) is 0.154. The first-order chi connectivity index (χ1) is 7.74. The minimum atomic E-state index is -0.0242. The van der Waals surface area contributed by atoms with Gasteiger partial charge in [0.1, 0.15) is 0 Å². The normalized spacial score (nSPS) is 10.4. The molecule has 0 atom stereocenters. The number of hydrogen-bond acceptors (Lipinski definition) is 2. The molecule has 82 valence electrons. The predicted molar refractivity (Wildman–Crippen MR) is 65.0 cm³/mol. The van der Waals surface area contributed by atoms with E-state index in [-0.39, 0.29) is 12.1 Å². The van der Waals surface area contributed by atoms with Crippen LogP contribution in [0, 0.1) is 0 Å². The molecule has 2 aromatic rings. The topological polar surface area (TPSA) is 48.0 Å². The monoisotopic (exact) mass is 214 g/mol. The van der Waals surface area contributed by atoms with Crippen molar-refractivity contribution < 1.29 is 0 Å². The van der Waals surface area contributed by atoms with Crippen molar-refractivity contribution in [1.82, 2.24) is 4.57 Å². The molecule has 0 fully saturated rings. The van der Waals surface area contributed by atoms with Gasteiger partial charge in [-0.25, -0.2) is 0 Å². The Kier molecular flexibility index (Phi) is 2.88. The molecular weight excluding hydrogens is 200 g/mol. The van der Waals surface area contributed by atoms with Gasteiger partial charge >= 0.3 is 0 Å². The third-order valence-electron chi connectivity index (χ3n) is 2.67. The van der Waals surface area contributed by atoms with Gasteiger partial charge in [0.05, 0.1) is 5.69 Å². The highest BCUT2D eigenvalue weighted by molar-refractivity contribution is 5.59. The minimum absolute atomic E-state index is 0.0242. The molecule has 2 rings (SSSR count). The van der Waals surface area contributed by atoms with Crippen LogP contribution in [-0.2, 0) is 13.6 Å². The van der Waals surface area contributed by atoms with Crippen LogP contribution in [0.3, 0.4) is 0 Å². The number of aromatic nitrogens is 1. The van der Waals surface area contributed by atoms with Gasteiger partial charge in [-0.1, -0.05) is 36.4 Å². The van der Waals surface area contributed by atoms with Crippen LogP contribution in [0.15, 0.2) is 47.3 Å². The molecule has 0 saturated carbocycles. The van der Waals surface area contributed by atoms with Crippen molar-refractivity contribution >= 4 is 0 Å². The van der Waals surface area contributed by atoms with E-state index in [1.807, 2.05) is 36.4 Å². The molecule has 0 aliphatic heterocycles. The van der Waals surface area contributed by atoms with Crippen molar-refractivity contribution in [3.63, 3.8) is 0 Å². The lowest BCUT2D eigenvalue weighted by molar-refractivity contribution is 0.839. The lowest BCUT2D eigenvalue weighted by Gasteiger charge is -2.09. The van der Waals surface area contributed by atoms with Gasteiger partial charge < -0.3 is 10.3 Å². The number of nitrogens with zero attached hydrogens (tertiary/aromatic N) is 1. The zero-order valence-electron chi connectivity index (χ0n) is 9.18. The van der Waals surface area contributed by atoms with Crippen molar-refractivity contribution in [2.75, 3.05) is 0 Å². The highest BCUT2D eigenvalue weighted by atomic mass is 16.1. The summed E-state index contributed by atoms with van der Waals surface area (Å²) in [7, 11) is 1.77. The van der Waals surface area contributed by atoms with Crippen molar-refractivity contribution in [2.45, 2.75) is 6.54 Å². The number of benzene rings is 1. The fourth-order valence-corrected chi connectivity index (χ4v) is 1.74. The zero-order valence-corrected chi connectivity index (χ0v) is 9.18. The van der Waals surface area contributed by atoms with Gasteiger partial charge in [-0.2, -0.15) is 0 Å². The van der Waals surface area contributed by atoms with Crippen LogP contribution in [0.2, 0.25) is 0 Å². The summed E-state index contributed by atoms with van der Waals surface area (Å²) in [6.07, 6.45) is 0. The van der Waals surface area contributed by atoms with Crippen LogP contribution in [0.5, 0.6) is 0 Å². The van der Waals surface area contributed by atoms with Crippen LogP contribution in [0.4, 0.5) is 0 Å². The van der Waals surface area contributed by atoms with Crippen LogP contribution in [0.1, 0.15) is 5.56 Å². The summed E-state index contributed by atoms with van der Waals surface area (Å²) in [6, 6.07) is 13.6. The Hall–Kier alpha value is -1.87. The molecule has 3 heteroatoms. The Morgan fingerprint density at radius 2 is 1.81 bits per heavy atom. The summed E-state index contributed by atoms with van der Waals surface area (Å²) >= 11 is 0. The van der Waals surface area contributed by atoms with Crippen LogP contribution in [0.25, 0.3) is 11.3 Å². The Labute approximate surface area is 94.1 Å². The number of hydrogen-bond donors (Lipinski definition) is 1. The number of nitrogens with two attached hydrogens (primary N) is 1. The largest absolute Gasteiger partial charge is 0.326 e. The molecule has 0 unspecified atom stereocenters. The highest BCUT2D eigenvalue weighted by Crippen LogP contribution is 2.16. The summed E-state index contributed by atoms with van der Waals surface area (Å²) in [6.45, 7) is 0.280. The van der Waals surface area contributed by atoms with E-state index in [9.17, 15) is 4.79 Å². The van der Waals surface area contributed by atoms with Crippen molar-refractivity contribution in [2.24, 2.45) is 12.8 Å². The first-order valence-corrected chi connectivity index (χ1v) is 5.18. The quantitative estimate of drug-likeness (QED) is 0.823. The first kappa shape index (κ1) is 10.6.